The summed E-state index contributed by atoms with van der Waals surface area (Å²) in [5.74, 6) is 0.238. The number of nitrogens with one attached hydrogen (secondary N) is 1. The Kier molecular flexibility index (Phi) is 5.55. The maximum atomic E-state index is 13.2. The Bertz CT molecular complexity index is 1540. The highest BCUT2D eigenvalue weighted by atomic mass is 35.5. The zero-order valence-electron chi connectivity index (χ0n) is 18.3. The second-order valence-corrected chi connectivity index (χ2v) is 8.98. The molecule has 1 saturated heterocycles. The molecule has 3 heterocycles. The molecule has 4 aromatic rings. The van der Waals surface area contributed by atoms with Gasteiger partial charge in [-0.25, -0.2) is 14.3 Å². The van der Waals surface area contributed by atoms with E-state index in [1.807, 2.05) is 25.1 Å². The molecule has 34 heavy (non-hydrogen) atoms. The van der Waals surface area contributed by atoms with Crippen LogP contribution in [0.3, 0.4) is 0 Å². The van der Waals surface area contributed by atoms with E-state index in [4.69, 9.17) is 23.2 Å². The summed E-state index contributed by atoms with van der Waals surface area (Å²) in [7, 11) is 1.52. The topological polar surface area (TPSA) is 105 Å². The third-order valence-electron chi connectivity index (χ3n) is 5.82. The van der Waals surface area contributed by atoms with Crippen molar-refractivity contribution in [2.45, 2.75) is 13.0 Å². The van der Waals surface area contributed by atoms with Crippen LogP contribution in [0.1, 0.15) is 5.56 Å². The molecule has 5 rings (SSSR count). The van der Waals surface area contributed by atoms with E-state index in [0.29, 0.717) is 13.1 Å². The number of halogens is 2. The number of para-hydroxylation sites is 1. The molecule has 11 heteroatoms. The van der Waals surface area contributed by atoms with Gasteiger partial charge >= 0.3 is 5.69 Å². The summed E-state index contributed by atoms with van der Waals surface area (Å²) in [6.45, 7) is 3.22. The third-order valence-corrected chi connectivity index (χ3v) is 6.43. The summed E-state index contributed by atoms with van der Waals surface area (Å²) < 4.78 is 2.19. The average molecular weight is 499 g/mol. The summed E-state index contributed by atoms with van der Waals surface area (Å²) >= 11 is 12.5. The van der Waals surface area contributed by atoms with Crippen molar-refractivity contribution in [2.75, 3.05) is 23.3 Å². The summed E-state index contributed by atoms with van der Waals surface area (Å²) in [5, 5.41) is 13.2. The smallest absolute Gasteiger partial charge is 0.337 e. The first kappa shape index (κ1) is 22.4. The van der Waals surface area contributed by atoms with Crippen molar-refractivity contribution in [2.24, 2.45) is 7.05 Å². The van der Waals surface area contributed by atoms with Gasteiger partial charge in [-0.1, -0.05) is 29.3 Å². The fourth-order valence-corrected chi connectivity index (χ4v) is 4.62. The number of β-amino-alcohol motifs (C(OH)–C–C–N with tert-alkyl or cyclic N) is 1. The molecule has 0 saturated carbocycles. The van der Waals surface area contributed by atoms with Gasteiger partial charge in [0.2, 0.25) is 5.95 Å². The van der Waals surface area contributed by atoms with E-state index in [0.717, 1.165) is 21.5 Å². The predicted molar refractivity (Wildman–Crippen MR) is 133 cm³/mol. The molecule has 9 nitrogen and oxygen atoms in total. The van der Waals surface area contributed by atoms with Crippen LogP contribution >= 0.6 is 23.2 Å². The third kappa shape index (κ3) is 3.71. The van der Waals surface area contributed by atoms with Crippen LogP contribution in [-0.4, -0.2) is 43.4 Å². The molecule has 2 aromatic carbocycles. The van der Waals surface area contributed by atoms with Crippen LogP contribution in [0, 0.1) is 6.92 Å². The number of hydrogen-bond donors (Lipinski definition) is 2. The van der Waals surface area contributed by atoms with Gasteiger partial charge in [-0.15, -0.1) is 0 Å². The Morgan fingerprint density at radius 3 is 2.47 bits per heavy atom. The predicted octanol–water partition coefficient (Wildman–Crippen LogP) is 3.02. The van der Waals surface area contributed by atoms with E-state index in [1.165, 1.54) is 17.8 Å². The first-order chi connectivity index (χ1) is 16.2. The molecule has 0 radical (unpaired) electrons. The SMILES string of the molecule is Cc1cc(Nc2ncc3c(=O)n(-c4c(Cl)cccc4Cl)c(=O)n(C)c3n2)ccc1N1CC(O)C1. The van der Waals surface area contributed by atoms with Crippen LogP contribution in [0.2, 0.25) is 10.0 Å². The van der Waals surface area contributed by atoms with Gasteiger partial charge in [0, 0.05) is 37.7 Å². The highest BCUT2D eigenvalue weighted by Gasteiger charge is 2.25. The van der Waals surface area contributed by atoms with Crippen molar-refractivity contribution in [3.8, 4) is 5.69 Å². The summed E-state index contributed by atoms with van der Waals surface area (Å²) in [6.07, 6.45) is 1.09. The molecule has 1 aliphatic heterocycles. The molecule has 2 aromatic heterocycles. The monoisotopic (exact) mass is 498 g/mol. The molecule has 0 atom stereocenters. The van der Waals surface area contributed by atoms with Crippen LogP contribution < -0.4 is 21.5 Å². The lowest BCUT2D eigenvalue weighted by atomic mass is 10.1. The number of aryl methyl sites for hydroxylation is 2. The van der Waals surface area contributed by atoms with E-state index in [9.17, 15) is 14.7 Å². The fourth-order valence-electron chi connectivity index (χ4n) is 4.06. The van der Waals surface area contributed by atoms with Gasteiger partial charge in [0.25, 0.3) is 5.56 Å². The molecule has 0 aliphatic carbocycles. The number of fused-ring (bicyclic) bond motifs is 1. The first-order valence-corrected chi connectivity index (χ1v) is 11.2. The normalized spacial score (nSPS) is 13.9. The summed E-state index contributed by atoms with van der Waals surface area (Å²) in [5.41, 5.74) is 1.88. The maximum absolute atomic E-state index is 13.2. The molecular formula is C23H20Cl2N6O3. The minimum absolute atomic E-state index is 0.117. The van der Waals surface area contributed by atoms with E-state index < -0.39 is 11.2 Å². The first-order valence-electron chi connectivity index (χ1n) is 10.5. The molecule has 1 fully saturated rings. The van der Waals surface area contributed by atoms with Crippen molar-refractivity contribution < 1.29 is 5.11 Å². The molecule has 0 amide bonds. The molecule has 1 aliphatic rings. The van der Waals surface area contributed by atoms with Crippen LogP contribution in [-0.2, 0) is 7.05 Å². The van der Waals surface area contributed by atoms with E-state index in [-0.39, 0.29) is 38.8 Å². The minimum Gasteiger partial charge on any atom is -0.389 e. The van der Waals surface area contributed by atoms with Crippen LogP contribution in [0.25, 0.3) is 16.7 Å². The number of anilines is 3. The van der Waals surface area contributed by atoms with Gasteiger partial charge in [-0.3, -0.25) is 9.36 Å². The molecule has 0 spiro atoms. The quantitative estimate of drug-likeness (QED) is 0.445. The minimum atomic E-state index is -0.630. The average Bonchev–Trinajstić information content (AvgIpc) is 2.78. The van der Waals surface area contributed by atoms with Crippen molar-refractivity contribution in [1.29, 1.82) is 0 Å². The lowest BCUT2D eigenvalue weighted by Crippen LogP contribution is -2.51. The lowest BCUT2D eigenvalue weighted by Gasteiger charge is -2.38. The fraction of sp³-hybridized carbons (Fsp3) is 0.217. The van der Waals surface area contributed by atoms with Gasteiger partial charge in [-0.2, -0.15) is 4.98 Å². The van der Waals surface area contributed by atoms with E-state index in [1.54, 1.807) is 18.2 Å². The standard InChI is InChI=1S/C23H20Cl2N6O3/c1-12-8-13(6-7-18(12)30-10-14(32)11-30)27-22-26-9-15-20(28-22)29(2)23(34)31(21(15)33)19-16(24)4-3-5-17(19)25/h3-9,14,32H,10-11H2,1-2H3,(H,26,27,28). The second kappa shape index (κ2) is 8.43. The van der Waals surface area contributed by atoms with Gasteiger partial charge in [0.1, 0.15) is 5.39 Å². The zero-order chi connectivity index (χ0) is 24.1. The largest absolute Gasteiger partial charge is 0.389 e. The van der Waals surface area contributed by atoms with Crippen LogP contribution in [0.15, 0.2) is 52.2 Å². The number of benzene rings is 2. The van der Waals surface area contributed by atoms with Crippen LogP contribution in [0.4, 0.5) is 17.3 Å². The highest BCUT2D eigenvalue weighted by molar-refractivity contribution is 6.37. The second-order valence-electron chi connectivity index (χ2n) is 8.17. The van der Waals surface area contributed by atoms with Gasteiger partial charge < -0.3 is 15.3 Å². The number of aromatic nitrogens is 4. The lowest BCUT2D eigenvalue weighted by molar-refractivity contribution is 0.142. The zero-order valence-corrected chi connectivity index (χ0v) is 19.8. The Morgan fingerprint density at radius 1 is 1.12 bits per heavy atom. The van der Waals surface area contributed by atoms with Crippen molar-refractivity contribution in [3.05, 3.63) is 79.0 Å². The van der Waals surface area contributed by atoms with Crippen LogP contribution in [0.5, 0.6) is 0 Å². The Balaban J connectivity index is 1.54. The molecule has 2 N–H and O–H groups in total. The van der Waals surface area contributed by atoms with Crippen molar-refractivity contribution >= 4 is 51.6 Å². The van der Waals surface area contributed by atoms with Crippen molar-refractivity contribution in [1.82, 2.24) is 19.1 Å². The Hall–Kier alpha value is -3.40. The molecular weight excluding hydrogens is 479 g/mol. The van der Waals surface area contributed by atoms with Gasteiger partial charge in [-0.05, 0) is 42.8 Å². The molecule has 0 bridgehead atoms. The number of hydrogen-bond acceptors (Lipinski definition) is 7. The summed E-state index contributed by atoms with van der Waals surface area (Å²) in [4.78, 5) is 37.1. The number of rotatable bonds is 4. The number of nitrogens with zero attached hydrogens (tertiary/aromatic N) is 5. The highest BCUT2D eigenvalue weighted by Crippen LogP contribution is 2.29. The van der Waals surface area contributed by atoms with Crippen molar-refractivity contribution in [3.63, 3.8) is 0 Å². The number of aliphatic hydroxyl groups is 1. The van der Waals surface area contributed by atoms with Gasteiger partial charge in [0.15, 0.2) is 5.65 Å². The molecule has 0 unspecified atom stereocenters. The maximum Gasteiger partial charge on any atom is 0.337 e. The summed E-state index contributed by atoms with van der Waals surface area (Å²) in [6, 6.07) is 10.5. The molecule has 174 valence electrons. The number of aliphatic hydroxyl groups excluding tert-OH is 1. The van der Waals surface area contributed by atoms with Gasteiger partial charge in [0.05, 0.1) is 21.8 Å². The van der Waals surface area contributed by atoms with E-state index >= 15 is 0 Å². The Morgan fingerprint density at radius 2 is 1.82 bits per heavy atom. The van der Waals surface area contributed by atoms with E-state index in [2.05, 4.69) is 20.2 Å². The Labute approximate surface area is 203 Å².